The van der Waals surface area contributed by atoms with Crippen molar-refractivity contribution in [1.82, 2.24) is 5.16 Å². The Kier molecular flexibility index (Phi) is 2.59. The van der Waals surface area contributed by atoms with E-state index in [0.717, 1.165) is 12.2 Å². The Morgan fingerprint density at radius 1 is 1.39 bits per heavy atom. The third-order valence-corrected chi connectivity index (χ3v) is 3.56. The molecule has 1 aromatic carbocycles. The van der Waals surface area contributed by atoms with Crippen LogP contribution in [0.15, 0.2) is 34.9 Å². The van der Waals surface area contributed by atoms with Gasteiger partial charge >= 0.3 is 0 Å². The first-order chi connectivity index (χ1) is 8.73. The maximum Gasteiger partial charge on any atom is 0.169 e. The van der Waals surface area contributed by atoms with Gasteiger partial charge in [-0.05, 0) is 24.5 Å². The summed E-state index contributed by atoms with van der Waals surface area (Å²) in [7, 11) is 1.75. The lowest BCUT2D eigenvalue weighted by molar-refractivity contribution is 0.171. The van der Waals surface area contributed by atoms with Crippen LogP contribution in [0.25, 0.3) is 11.3 Å². The molecule has 0 spiro atoms. The summed E-state index contributed by atoms with van der Waals surface area (Å²) < 4.78 is 10.5. The first-order valence-electron chi connectivity index (χ1n) is 6.06. The fourth-order valence-corrected chi connectivity index (χ4v) is 2.37. The fourth-order valence-electron chi connectivity index (χ4n) is 2.37. The molecule has 3 rings (SSSR count). The van der Waals surface area contributed by atoms with Crippen LogP contribution in [0.1, 0.15) is 18.4 Å². The quantitative estimate of drug-likeness (QED) is 0.898. The molecule has 1 fully saturated rings. The number of aromatic nitrogens is 1. The van der Waals surface area contributed by atoms with Gasteiger partial charge in [0.1, 0.15) is 0 Å². The molecule has 2 N–H and O–H groups in total. The first-order valence-corrected chi connectivity index (χ1v) is 6.06. The molecule has 1 aliphatic carbocycles. The van der Waals surface area contributed by atoms with Crippen molar-refractivity contribution in [3.8, 4) is 11.3 Å². The van der Waals surface area contributed by atoms with Crippen LogP contribution in [-0.4, -0.2) is 18.9 Å². The Hall–Kier alpha value is -1.81. The summed E-state index contributed by atoms with van der Waals surface area (Å²) in [6, 6.07) is 10.1. The van der Waals surface area contributed by atoms with Crippen LogP contribution in [0, 0.1) is 0 Å². The van der Waals surface area contributed by atoms with E-state index in [2.05, 4.69) is 17.3 Å². The van der Waals surface area contributed by atoms with Gasteiger partial charge in [0, 0.05) is 24.2 Å². The molecule has 2 aromatic rings. The van der Waals surface area contributed by atoms with E-state index in [0.29, 0.717) is 11.6 Å². The summed E-state index contributed by atoms with van der Waals surface area (Å²) >= 11 is 0. The van der Waals surface area contributed by atoms with Gasteiger partial charge in [-0.25, -0.2) is 0 Å². The van der Waals surface area contributed by atoms with E-state index < -0.39 is 0 Å². The van der Waals surface area contributed by atoms with Gasteiger partial charge in [-0.2, -0.15) is 0 Å². The third kappa shape index (κ3) is 1.88. The summed E-state index contributed by atoms with van der Waals surface area (Å²) in [5, 5.41) is 3.71. The topological polar surface area (TPSA) is 61.3 Å². The van der Waals surface area contributed by atoms with Crippen molar-refractivity contribution in [3.63, 3.8) is 0 Å². The van der Waals surface area contributed by atoms with Gasteiger partial charge in [-0.15, -0.1) is 0 Å². The Balaban J connectivity index is 1.95. The maximum absolute atomic E-state index is 5.57. The highest BCUT2D eigenvalue weighted by molar-refractivity contribution is 5.61. The minimum absolute atomic E-state index is 0.205. The van der Waals surface area contributed by atoms with E-state index in [1.165, 1.54) is 18.4 Å². The molecule has 4 nitrogen and oxygen atoms in total. The summed E-state index contributed by atoms with van der Waals surface area (Å²) in [5.41, 5.74) is 8.10. The Labute approximate surface area is 106 Å². The molecule has 1 aliphatic rings. The highest BCUT2D eigenvalue weighted by Gasteiger charge is 2.44. The zero-order valence-electron chi connectivity index (χ0n) is 10.3. The number of methoxy groups -OCH3 is 1. The van der Waals surface area contributed by atoms with Crippen molar-refractivity contribution in [3.05, 3.63) is 35.9 Å². The summed E-state index contributed by atoms with van der Waals surface area (Å²) in [6.45, 7) is 0.773. The van der Waals surface area contributed by atoms with Crippen LogP contribution in [0.5, 0.6) is 0 Å². The molecule has 1 heterocycles. The summed E-state index contributed by atoms with van der Waals surface area (Å²) in [6.07, 6.45) is 2.37. The van der Waals surface area contributed by atoms with Gasteiger partial charge in [0.2, 0.25) is 0 Å². The van der Waals surface area contributed by atoms with Crippen molar-refractivity contribution in [2.45, 2.75) is 18.3 Å². The van der Waals surface area contributed by atoms with Crippen molar-refractivity contribution >= 4 is 5.82 Å². The first kappa shape index (κ1) is 11.3. The van der Waals surface area contributed by atoms with Crippen LogP contribution in [-0.2, 0) is 10.2 Å². The van der Waals surface area contributed by atoms with Crippen LogP contribution < -0.4 is 5.73 Å². The maximum atomic E-state index is 5.57. The lowest BCUT2D eigenvalue weighted by Crippen LogP contribution is -2.13. The number of hydrogen-bond acceptors (Lipinski definition) is 4. The molecule has 0 atom stereocenters. The molecule has 0 saturated heterocycles. The monoisotopic (exact) mass is 244 g/mol. The van der Waals surface area contributed by atoms with Gasteiger partial charge in [-0.1, -0.05) is 23.4 Å². The molecule has 0 amide bonds. The Morgan fingerprint density at radius 2 is 2.22 bits per heavy atom. The Bertz CT molecular complexity index is 558. The second-order valence-corrected chi connectivity index (χ2v) is 4.91. The van der Waals surface area contributed by atoms with Gasteiger partial charge in [0.05, 0.1) is 6.61 Å². The zero-order valence-corrected chi connectivity index (χ0v) is 10.3. The molecule has 4 heteroatoms. The molecule has 0 unspecified atom stereocenters. The number of ether oxygens (including phenoxy) is 1. The van der Waals surface area contributed by atoms with Crippen LogP contribution in [0.4, 0.5) is 5.82 Å². The van der Waals surface area contributed by atoms with E-state index in [9.17, 15) is 0 Å². The third-order valence-electron chi connectivity index (χ3n) is 3.56. The lowest BCUT2D eigenvalue weighted by atomic mass is 9.94. The van der Waals surface area contributed by atoms with Gasteiger partial charge < -0.3 is 15.0 Å². The molecule has 0 bridgehead atoms. The molecule has 0 radical (unpaired) electrons. The van der Waals surface area contributed by atoms with E-state index >= 15 is 0 Å². The van der Waals surface area contributed by atoms with E-state index in [4.69, 9.17) is 15.0 Å². The Morgan fingerprint density at radius 3 is 2.83 bits per heavy atom. The number of rotatable bonds is 4. The van der Waals surface area contributed by atoms with Crippen LogP contribution in [0.2, 0.25) is 0 Å². The number of nitrogens with two attached hydrogens (primary N) is 1. The van der Waals surface area contributed by atoms with E-state index in [-0.39, 0.29) is 5.41 Å². The molecule has 1 saturated carbocycles. The van der Waals surface area contributed by atoms with E-state index in [1.807, 2.05) is 12.1 Å². The van der Waals surface area contributed by atoms with Gasteiger partial charge in [0.15, 0.2) is 11.6 Å². The fraction of sp³-hybridized carbons (Fsp3) is 0.357. The van der Waals surface area contributed by atoms with Gasteiger partial charge in [-0.3, -0.25) is 0 Å². The molecular formula is C14H16N2O2. The predicted octanol–water partition coefficient (Wildman–Crippen LogP) is 2.60. The predicted molar refractivity (Wildman–Crippen MR) is 69.1 cm³/mol. The minimum Gasteiger partial charge on any atom is -0.384 e. The number of hydrogen-bond donors (Lipinski definition) is 1. The molecular weight excluding hydrogens is 228 g/mol. The van der Waals surface area contributed by atoms with Crippen LogP contribution >= 0.6 is 0 Å². The average molecular weight is 244 g/mol. The van der Waals surface area contributed by atoms with Crippen LogP contribution in [0.3, 0.4) is 0 Å². The summed E-state index contributed by atoms with van der Waals surface area (Å²) in [5.74, 6) is 1.12. The normalized spacial score (nSPS) is 16.7. The molecule has 1 aromatic heterocycles. The number of nitrogen functional groups attached to an aromatic ring is 1. The standard InChI is InChI=1S/C14H16N2O2/c1-17-9-14(5-6-14)11-4-2-3-10(7-11)12-8-13(15)16-18-12/h2-4,7-8H,5-6,9H2,1H3,(H2,15,16). The van der Waals surface area contributed by atoms with Crippen molar-refractivity contribution in [2.75, 3.05) is 19.5 Å². The number of benzene rings is 1. The van der Waals surface area contributed by atoms with Crippen molar-refractivity contribution in [1.29, 1.82) is 0 Å². The summed E-state index contributed by atoms with van der Waals surface area (Å²) in [4.78, 5) is 0. The highest BCUT2D eigenvalue weighted by Crippen LogP contribution is 2.48. The van der Waals surface area contributed by atoms with Gasteiger partial charge in [0.25, 0.3) is 0 Å². The molecule has 18 heavy (non-hydrogen) atoms. The second-order valence-electron chi connectivity index (χ2n) is 4.91. The largest absolute Gasteiger partial charge is 0.384 e. The molecule has 0 aliphatic heterocycles. The zero-order chi connectivity index (χ0) is 12.6. The second kappa shape index (κ2) is 4.14. The lowest BCUT2D eigenvalue weighted by Gasteiger charge is -2.14. The molecule has 94 valence electrons. The SMILES string of the molecule is COCC1(c2cccc(-c3cc(N)no3)c2)CC1. The smallest absolute Gasteiger partial charge is 0.169 e. The highest BCUT2D eigenvalue weighted by atomic mass is 16.5. The van der Waals surface area contributed by atoms with Crippen molar-refractivity contribution < 1.29 is 9.26 Å². The van der Waals surface area contributed by atoms with E-state index in [1.54, 1.807) is 13.2 Å². The average Bonchev–Trinajstić information content (AvgIpc) is 3.04. The number of anilines is 1. The minimum atomic E-state index is 0.205. The number of nitrogens with zero attached hydrogens (tertiary/aromatic N) is 1. The van der Waals surface area contributed by atoms with Crippen molar-refractivity contribution in [2.24, 2.45) is 0 Å².